The zero-order valence-corrected chi connectivity index (χ0v) is 24.4. The maximum atomic E-state index is 14.3. The van der Waals surface area contributed by atoms with Crippen molar-refractivity contribution in [2.24, 2.45) is 0 Å². The van der Waals surface area contributed by atoms with Gasteiger partial charge >= 0.3 is 5.97 Å². The van der Waals surface area contributed by atoms with Crippen LogP contribution in [0.3, 0.4) is 0 Å². The van der Waals surface area contributed by atoms with Crippen LogP contribution in [0.5, 0.6) is 5.75 Å². The van der Waals surface area contributed by atoms with Gasteiger partial charge in [-0.1, -0.05) is 17.7 Å². The third-order valence-corrected chi connectivity index (χ3v) is 8.84. The fourth-order valence-corrected chi connectivity index (χ4v) is 6.27. The summed E-state index contributed by atoms with van der Waals surface area (Å²) < 4.78 is 47.1. The average molecular weight is 623 g/mol. The van der Waals surface area contributed by atoms with Gasteiger partial charge in [-0.05, 0) is 56.6 Å². The maximum absolute atomic E-state index is 14.3. The Kier molecular flexibility index (Phi) is 7.69. The lowest BCUT2D eigenvalue weighted by atomic mass is 9.92. The molecule has 5 aromatic rings. The molecule has 0 unspecified atom stereocenters. The second-order valence-electron chi connectivity index (χ2n) is 11.3. The van der Waals surface area contributed by atoms with Crippen LogP contribution in [0.15, 0.2) is 53.1 Å². The number of likely N-dealkylation sites (tertiary alicyclic amines) is 1. The summed E-state index contributed by atoms with van der Waals surface area (Å²) in [6, 6.07) is 10.2. The van der Waals surface area contributed by atoms with Gasteiger partial charge in [-0.25, -0.2) is 14.2 Å². The molecule has 44 heavy (non-hydrogen) atoms. The number of ether oxygens (including phenoxy) is 2. The van der Waals surface area contributed by atoms with Gasteiger partial charge in [0.25, 0.3) is 6.01 Å². The molecule has 2 aromatic carbocycles. The first kappa shape index (κ1) is 28.7. The second kappa shape index (κ2) is 11.8. The number of aromatic nitrogens is 3. The van der Waals surface area contributed by atoms with Crippen LogP contribution in [0, 0.1) is 11.8 Å². The number of halogens is 3. The number of benzene rings is 2. The van der Waals surface area contributed by atoms with E-state index in [1.807, 2.05) is 0 Å². The van der Waals surface area contributed by atoms with Gasteiger partial charge in [0.1, 0.15) is 29.6 Å². The molecule has 12 heteroatoms. The zero-order valence-electron chi connectivity index (χ0n) is 23.6. The van der Waals surface area contributed by atoms with Crippen LogP contribution < -0.4 is 4.74 Å². The molecule has 3 aromatic heterocycles. The molecule has 0 saturated carbocycles. The smallest absolute Gasteiger partial charge is 0.335 e. The number of carboxylic acids is 1. The van der Waals surface area contributed by atoms with Crippen molar-refractivity contribution in [1.82, 2.24) is 19.4 Å². The van der Waals surface area contributed by atoms with E-state index in [1.165, 1.54) is 18.3 Å². The molecule has 0 aliphatic carbocycles. The normalized spacial score (nSPS) is 17.8. The molecule has 228 valence electrons. The van der Waals surface area contributed by atoms with Crippen LogP contribution in [-0.4, -0.2) is 56.3 Å². The Morgan fingerprint density at radius 2 is 1.93 bits per heavy atom. The van der Waals surface area contributed by atoms with Gasteiger partial charge in [-0.15, -0.1) is 0 Å². The number of hydrogen-bond acceptors (Lipinski definition) is 7. The number of piperidine rings is 1. The number of aromatic carboxylic acids is 1. The van der Waals surface area contributed by atoms with Crippen LogP contribution in [0.1, 0.15) is 52.6 Å². The SMILES string of the molecule is O=C(O)c1ccc2nc(CN3CCC(c4ncc(F)cc4OCc4ccc(Cl)c5cc(F)oc45)CC3)n(C[C@@H]3CCO3)c2c1. The average Bonchev–Trinajstić information content (AvgIpc) is 3.55. The molecule has 2 fully saturated rings. The first-order valence-corrected chi connectivity index (χ1v) is 14.9. The molecule has 1 N–H and O–H groups in total. The Labute approximate surface area is 256 Å². The predicted octanol–water partition coefficient (Wildman–Crippen LogP) is 6.55. The number of nitrogens with zero attached hydrogens (tertiary/aromatic N) is 4. The molecule has 9 nitrogen and oxygen atoms in total. The maximum Gasteiger partial charge on any atom is 0.335 e. The minimum Gasteiger partial charge on any atom is -0.487 e. The molecule has 2 aliphatic heterocycles. The summed E-state index contributed by atoms with van der Waals surface area (Å²) in [6.45, 7) is 3.50. The predicted molar refractivity (Wildman–Crippen MR) is 158 cm³/mol. The molecular weight excluding hydrogens is 594 g/mol. The van der Waals surface area contributed by atoms with E-state index >= 15 is 0 Å². The molecule has 2 saturated heterocycles. The summed E-state index contributed by atoms with van der Waals surface area (Å²) in [7, 11) is 0. The van der Waals surface area contributed by atoms with Gasteiger partial charge in [0, 0.05) is 35.6 Å². The Morgan fingerprint density at radius 1 is 1.11 bits per heavy atom. The van der Waals surface area contributed by atoms with Crippen LogP contribution >= 0.6 is 11.6 Å². The molecule has 5 heterocycles. The zero-order chi connectivity index (χ0) is 30.4. The van der Waals surface area contributed by atoms with E-state index in [4.69, 9.17) is 30.5 Å². The van der Waals surface area contributed by atoms with Crippen LogP contribution in [-0.2, 0) is 24.4 Å². The summed E-state index contributed by atoms with van der Waals surface area (Å²) in [4.78, 5) is 23.2. The fraction of sp³-hybridized carbons (Fsp3) is 0.344. The molecule has 7 rings (SSSR count). The highest BCUT2D eigenvalue weighted by Gasteiger charge is 2.28. The number of pyridine rings is 1. The quantitative estimate of drug-likeness (QED) is 0.197. The molecule has 2 aliphatic rings. The van der Waals surface area contributed by atoms with Crippen molar-refractivity contribution in [2.45, 2.75) is 51.0 Å². The summed E-state index contributed by atoms with van der Waals surface area (Å²) >= 11 is 6.18. The van der Waals surface area contributed by atoms with E-state index in [-0.39, 0.29) is 24.2 Å². The van der Waals surface area contributed by atoms with Gasteiger partial charge in [-0.2, -0.15) is 4.39 Å². The Morgan fingerprint density at radius 3 is 2.68 bits per heavy atom. The Bertz CT molecular complexity index is 1860. The largest absolute Gasteiger partial charge is 0.487 e. The van der Waals surface area contributed by atoms with Crippen LogP contribution in [0.2, 0.25) is 5.02 Å². The molecule has 0 spiro atoms. The second-order valence-corrected chi connectivity index (χ2v) is 11.7. The fourth-order valence-electron chi connectivity index (χ4n) is 6.07. The number of imidazole rings is 1. The van der Waals surface area contributed by atoms with Gasteiger partial charge in [0.2, 0.25) is 0 Å². The van der Waals surface area contributed by atoms with Gasteiger partial charge in [-0.3, -0.25) is 9.88 Å². The molecule has 0 radical (unpaired) electrons. The van der Waals surface area contributed by atoms with Gasteiger partial charge in [0.15, 0.2) is 0 Å². The van der Waals surface area contributed by atoms with Gasteiger partial charge < -0.3 is 23.6 Å². The highest BCUT2D eigenvalue weighted by molar-refractivity contribution is 6.35. The van der Waals surface area contributed by atoms with Crippen LogP contribution in [0.4, 0.5) is 8.78 Å². The first-order valence-electron chi connectivity index (χ1n) is 14.5. The van der Waals surface area contributed by atoms with Crippen molar-refractivity contribution in [3.05, 3.63) is 88.2 Å². The van der Waals surface area contributed by atoms with E-state index in [9.17, 15) is 18.7 Å². The Hall–Kier alpha value is -4.06. The van der Waals surface area contributed by atoms with Crippen molar-refractivity contribution < 1.29 is 32.6 Å². The van der Waals surface area contributed by atoms with Crippen molar-refractivity contribution in [2.75, 3.05) is 19.7 Å². The third-order valence-electron chi connectivity index (χ3n) is 8.51. The molecular formula is C32H29ClF2N4O5. The van der Waals surface area contributed by atoms with Crippen molar-refractivity contribution >= 4 is 39.6 Å². The highest BCUT2D eigenvalue weighted by Crippen LogP contribution is 2.35. The first-order chi connectivity index (χ1) is 21.3. The molecule has 1 atom stereocenters. The number of carboxylic acid groups (broad SMARTS) is 1. The number of rotatable bonds is 9. The Balaban J connectivity index is 1.06. The number of furan rings is 1. The van der Waals surface area contributed by atoms with E-state index in [2.05, 4.69) is 14.5 Å². The lowest BCUT2D eigenvalue weighted by Gasteiger charge is -2.32. The molecule has 0 amide bonds. The third kappa shape index (κ3) is 5.62. The summed E-state index contributed by atoms with van der Waals surface area (Å²) in [5, 5.41) is 10.3. The topological polar surface area (TPSA) is 103 Å². The van der Waals surface area contributed by atoms with Gasteiger partial charge in [0.05, 0.1) is 52.7 Å². The standard InChI is InChI=1S/C32H29ClF2N4O5/c33-24-3-1-20(31-23(24)13-28(35)44-31)17-43-27-12-21(34)14-36-30(27)18-5-8-38(9-6-18)16-29-37-25-4-2-19(32(40)41)11-26(25)39(29)15-22-7-10-42-22/h1-4,11-14,18,22H,5-10,15-17H2,(H,40,41)/t22-/m0/s1. The highest BCUT2D eigenvalue weighted by atomic mass is 35.5. The lowest BCUT2D eigenvalue weighted by Crippen LogP contribution is -2.35. The van der Waals surface area contributed by atoms with E-state index in [0.29, 0.717) is 46.1 Å². The number of fused-ring (bicyclic) bond motifs is 2. The van der Waals surface area contributed by atoms with Crippen molar-refractivity contribution in [3.63, 3.8) is 0 Å². The summed E-state index contributed by atoms with van der Waals surface area (Å²) in [5.74, 6) is -0.225. The van der Waals surface area contributed by atoms with Crippen molar-refractivity contribution in [1.29, 1.82) is 0 Å². The van der Waals surface area contributed by atoms with Crippen LogP contribution in [0.25, 0.3) is 22.0 Å². The van der Waals surface area contributed by atoms with E-state index in [0.717, 1.165) is 55.8 Å². The summed E-state index contributed by atoms with van der Waals surface area (Å²) in [6.07, 6.45) is 3.80. The van der Waals surface area contributed by atoms with E-state index in [1.54, 1.807) is 30.3 Å². The van der Waals surface area contributed by atoms with Crippen molar-refractivity contribution in [3.8, 4) is 5.75 Å². The lowest BCUT2D eigenvalue weighted by molar-refractivity contribution is -0.0592. The summed E-state index contributed by atoms with van der Waals surface area (Å²) in [5.41, 5.74) is 3.33. The number of hydrogen-bond donors (Lipinski definition) is 1. The minimum atomic E-state index is -0.975. The number of carbonyl (C=O) groups is 1. The molecule has 0 bridgehead atoms. The van der Waals surface area contributed by atoms with E-state index < -0.39 is 17.8 Å². The minimum absolute atomic E-state index is 0.0299. The monoisotopic (exact) mass is 622 g/mol.